The van der Waals surface area contributed by atoms with Crippen LogP contribution in [0.4, 0.5) is 13.9 Å². The van der Waals surface area contributed by atoms with E-state index in [1.54, 1.807) is 25.1 Å². The summed E-state index contributed by atoms with van der Waals surface area (Å²) in [5.74, 6) is -1.47. The normalized spacial score (nSPS) is 11.5. The number of hydrogen-bond donors (Lipinski definition) is 0. The molecule has 0 saturated carbocycles. The van der Waals surface area contributed by atoms with Gasteiger partial charge in [0, 0.05) is 17.6 Å². The summed E-state index contributed by atoms with van der Waals surface area (Å²) in [5.41, 5.74) is 1.45. The van der Waals surface area contributed by atoms with E-state index in [-0.39, 0.29) is 16.1 Å². The van der Waals surface area contributed by atoms with E-state index in [2.05, 4.69) is 25.3 Å². The Bertz CT molecular complexity index is 1110. The Morgan fingerprint density at radius 1 is 1.21 bits per heavy atom. The number of sulfonamides is 1. The summed E-state index contributed by atoms with van der Waals surface area (Å²) in [6, 6.07) is 6.59. The molecular weight excluding hydrogens is 476 g/mol. The van der Waals surface area contributed by atoms with Gasteiger partial charge in [-0.2, -0.15) is 4.37 Å². The van der Waals surface area contributed by atoms with E-state index >= 15 is 0 Å². The first kappa shape index (κ1) is 20.6. The van der Waals surface area contributed by atoms with E-state index in [0.717, 1.165) is 27.5 Å². The summed E-state index contributed by atoms with van der Waals surface area (Å²) in [5, 5.41) is 0.0649. The number of rotatable bonds is 6. The van der Waals surface area contributed by atoms with Gasteiger partial charge in [-0.15, -0.1) is 0 Å². The quantitative estimate of drug-likeness (QED) is 0.482. The zero-order valence-corrected chi connectivity index (χ0v) is 17.9. The molecule has 0 aliphatic heterocycles. The second kappa shape index (κ2) is 8.10. The largest absolute Gasteiger partial charge is 0.497 e. The highest BCUT2D eigenvalue weighted by molar-refractivity contribution is 9.10. The lowest BCUT2D eigenvalue weighted by Crippen LogP contribution is -2.31. The van der Waals surface area contributed by atoms with E-state index in [1.807, 2.05) is 0 Å². The van der Waals surface area contributed by atoms with Crippen LogP contribution < -0.4 is 9.04 Å². The maximum absolute atomic E-state index is 14.3. The van der Waals surface area contributed by atoms with Crippen LogP contribution in [-0.2, 0) is 16.6 Å². The maximum Gasteiger partial charge on any atom is 0.269 e. The number of methoxy groups -OCH3 is 1. The molecule has 11 heteroatoms. The van der Waals surface area contributed by atoms with Crippen LogP contribution >= 0.6 is 27.5 Å². The maximum atomic E-state index is 14.3. The summed E-state index contributed by atoms with van der Waals surface area (Å²) in [7, 11) is -2.86. The number of anilines is 1. The van der Waals surface area contributed by atoms with Crippen LogP contribution in [0.15, 0.2) is 46.0 Å². The molecule has 0 aliphatic carbocycles. The summed E-state index contributed by atoms with van der Waals surface area (Å²) in [6.45, 7) is 1.69. The third-order valence-corrected chi connectivity index (χ3v) is 7.13. The van der Waals surface area contributed by atoms with Crippen LogP contribution in [0.1, 0.15) is 11.1 Å². The van der Waals surface area contributed by atoms with Gasteiger partial charge < -0.3 is 4.74 Å². The van der Waals surface area contributed by atoms with Crippen LogP contribution in [-0.4, -0.2) is 24.9 Å². The molecule has 0 saturated heterocycles. The molecule has 0 aliphatic rings. The Hall–Kier alpha value is -2.11. The van der Waals surface area contributed by atoms with Gasteiger partial charge in [0.15, 0.2) is 0 Å². The Kier molecular flexibility index (Phi) is 5.96. The van der Waals surface area contributed by atoms with Crippen LogP contribution in [0.2, 0.25) is 0 Å². The van der Waals surface area contributed by atoms with Gasteiger partial charge in [-0.1, -0.05) is 6.07 Å². The molecule has 3 rings (SSSR count). The Morgan fingerprint density at radius 3 is 2.57 bits per heavy atom. The van der Waals surface area contributed by atoms with Crippen molar-refractivity contribution in [2.45, 2.75) is 18.4 Å². The van der Waals surface area contributed by atoms with Crippen LogP contribution in [0.25, 0.3) is 0 Å². The minimum atomic E-state index is -4.39. The molecule has 0 amide bonds. The van der Waals surface area contributed by atoms with Crippen LogP contribution in [0, 0.1) is 18.6 Å². The number of nitrogens with zero attached hydrogens (tertiary/aromatic N) is 3. The molecule has 3 aromatic rings. The molecule has 0 bridgehead atoms. The first-order valence-corrected chi connectivity index (χ1v) is 10.8. The van der Waals surface area contributed by atoms with Gasteiger partial charge in [0.05, 0.1) is 18.1 Å². The van der Waals surface area contributed by atoms with Crippen molar-refractivity contribution >= 4 is 42.6 Å². The predicted molar refractivity (Wildman–Crippen MR) is 105 cm³/mol. The van der Waals surface area contributed by atoms with Crippen molar-refractivity contribution in [1.29, 1.82) is 0 Å². The van der Waals surface area contributed by atoms with E-state index in [4.69, 9.17) is 4.74 Å². The van der Waals surface area contributed by atoms with Gasteiger partial charge in [0.2, 0.25) is 5.13 Å². The minimum absolute atomic E-state index is 0.0649. The van der Waals surface area contributed by atoms with Crippen molar-refractivity contribution in [3.05, 3.63) is 63.9 Å². The number of benzene rings is 2. The van der Waals surface area contributed by atoms with E-state index < -0.39 is 26.6 Å². The zero-order chi connectivity index (χ0) is 20.5. The highest BCUT2D eigenvalue weighted by Gasteiger charge is 2.31. The average molecular weight is 490 g/mol. The molecule has 148 valence electrons. The zero-order valence-electron chi connectivity index (χ0n) is 14.7. The summed E-state index contributed by atoms with van der Waals surface area (Å²) in [6.07, 6.45) is 1.21. The fourth-order valence-corrected chi connectivity index (χ4v) is 5.18. The van der Waals surface area contributed by atoms with Gasteiger partial charge in [-0.3, -0.25) is 0 Å². The lowest BCUT2D eigenvalue weighted by atomic mass is 10.1. The SMILES string of the molecule is COc1ccc(CN(c2ncns2)S(=O)(=O)c2cc(Br)c(F)cc2F)c(C)c1. The standard InChI is InChI=1S/C17H14BrF2N3O3S2/c1-10-5-12(26-2)4-3-11(10)8-23(17-21-9-22-27-17)28(24,25)16-6-13(18)14(19)7-15(16)20/h3-7,9H,8H2,1-2H3. The fourth-order valence-electron chi connectivity index (χ4n) is 2.48. The number of hydrogen-bond acceptors (Lipinski definition) is 6. The molecule has 6 nitrogen and oxygen atoms in total. The predicted octanol–water partition coefficient (Wildman–Crippen LogP) is 4.29. The Labute approximate surface area is 173 Å². The van der Waals surface area contributed by atoms with Gasteiger partial charge in [0.25, 0.3) is 10.0 Å². The molecule has 0 unspecified atom stereocenters. The van der Waals surface area contributed by atoms with E-state index in [0.29, 0.717) is 17.4 Å². The molecule has 1 heterocycles. The lowest BCUT2D eigenvalue weighted by Gasteiger charge is -2.23. The Morgan fingerprint density at radius 2 is 1.96 bits per heavy atom. The number of aromatic nitrogens is 2. The van der Waals surface area contributed by atoms with Crippen molar-refractivity contribution in [3.63, 3.8) is 0 Å². The van der Waals surface area contributed by atoms with Crippen molar-refractivity contribution < 1.29 is 21.9 Å². The fraction of sp³-hybridized carbons (Fsp3) is 0.176. The molecule has 0 atom stereocenters. The third kappa shape index (κ3) is 4.01. The van der Waals surface area contributed by atoms with Gasteiger partial charge >= 0.3 is 0 Å². The monoisotopic (exact) mass is 489 g/mol. The lowest BCUT2D eigenvalue weighted by molar-refractivity contribution is 0.414. The molecule has 0 fully saturated rings. The smallest absolute Gasteiger partial charge is 0.269 e. The van der Waals surface area contributed by atoms with Crippen molar-refractivity contribution in [3.8, 4) is 5.75 Å². The van der Waals surface area contributed by atoms with Gasteiger partial charge in [-0.05, 0) is 52.2 Å². The van der Waals surface area contributed by atoms with Gasteiger partial charge in [0.1, 0.15) is 28.6 Å². The number of halogens is 3. The third-order valence-electron chi connectivity index (χ3n) is 3.97. The summed E-state index contributed by atoms with van der Waals surface area (Å²) >= 11 is 3.75. The second-order valence-electron chi connectivity index (χ2n) is 5.72. The first-order chi connectivity index (χ1) is 13.2. The van der Waals surface area contributed by atoms with Crippen LogP contribution in [0.3, 0.4) is 0 Å². The van der Waals surface area contributed by atoms with Crippen molar-refractivity contribution in [1.82, 2.24) is 9.36 Å². The van der Waals surface area contributed by atoms with E-state index in [9.17, 15) is 17.2 Å². The second-order valence-corrected chi connectivity index (χ2v) is 9.17. The molecule has 0 N–H and O–H groups in total. The average Bonchev–Trinajstić information content (AvgIpc) is 3.17. The van der Waals surface area contributed by atoms with Crippen LogP contribution in [0.5, 0.6) is 5.75 Å². The molecular formula is C17H14BrF2N3O3S2. The first-order valence-electron chi connectivity index (χ1n) is 7.81. The minimum Gasteiger partial charge on any atom is -0.497 e. The van der Waals surface area contributed by atoms with Crippen molar-refractivity contribution in [2.24, 2.45) is 0 Å². The topological polar surface area (TPSA) is 72.4 Å². The summed E-state index contributed by atoms with van der Waals surface area (Å²) < 4.78 is 64.1. The summed E-state index contributed by atoms with van der Waals surface area (Å²) in [4.78, 5) is 3.29. The molecule has 1 aromatic heterocycles. The molecule has 0 spiro atoms. The Balaban J connectivity index is 2.10. The molecule has 2 aromatic carbocycles. The molecule has 28 heavy (non-hydrogen) atoms. The highest BCUT2D eigenvalue weighted by Crippen LogP contribution is 2.31. The van der Waals surface area contributed by atoms with Crippen molar-refractivity contribution in [2.75, 3.05) is 11.4 Å². The number of ether oxygens (including phenoxy) is 1. The molecule has 0 radical (unpaired) electrons. The number of aryl methyl sites for hydroxylation is 1. The van der Waals surface area contributed by atoms with Gasteiger partial charge in [-0.25, -0.2) is 26.5 Å². The highest BCUT2D eigenvalue weighted by atomic mass is 79.9. The van der Waals surface area contributed by atoms with E-state index in [1.165, 1.54) is 13.4 Å².